The van der Waals surface area contributed by atoms with Crippen molar-refractivity contribution in [3.63, 3.8) is 0 Å². The Balaban J connectivity index is 3.66. The SMILES string of the molecule is O=[N+]([O-])c1cc(C(F)(F)F)c(CBr)cc1C(F)(F)F. The first-order valence-electron chi connectivity index (χ1n) is 4.50. The van der Waals surface area contributed by atoms with Gasteiger partial charge in [-0.2, -0.15) is 26.3 Å². The molecule has 1 rings (SSSR count). The molecule has 3 nitrogen and oxygen atoms in total. The van der Waals surface area contributed by atoms with Crippen LogP contribution >= 0.6 is 15.9 Å². The molecule has 1 aromatic carbocycles. The molecule has 0 unspecified atom stereocenters. The second kappa shape index (κ2) is 4.99. The van der Waals surface area contributed by atoms with Crippen molar-refractivity contribution in [2.24, 2.45) is 0 Å². The maximum atomic E-state index is 12.6. The molecule has 0 atom stereocenters. The summed E-state index contributed by atoms with van der Waals surface area (Å²) in [6, 6.07) is 0.0368. The van der Waals surface area contributed by atoms with Crippen molar-refractivity contribution in [2.45, 2.75) is 17.7 Å². The number of rotatable bonds is 2. The monoisotopic (exact) mass is 351 g/mol. The Kier molecular flexibility index (Phi) is 4.13. The molecule has 1 aromatic rings. The Morgan fingerprint density at radius 3 is 1.84 bits per heavy atom. The Bertz CT molecular complexity index is 511. The lowest BCUT2D eigenvalue weighted by Gasteiger charge is -2.14. The van der Waals surface area contributed by atoms with Gasteiger partial charge in [0.25, 0.3) is 5.69 Å². The van der Waals surface area contributed by atoms with Crippen LogP contribution in [0.1, 0.15) is 16.7 Å². The van der Waals surface area contributed by atoms with Crippen molar-refractivity contribution >= 4 is 21.6 Å². The smallest absolute Gasteiger partial charge is 0.258 e. The molecule has 0 heterocycles. The van der Waals surface area contributed by atoms with E-state index in [1.54, 1.807) is 0 Å². The maximum absolute atomic E-state index is 12.6. The van der Waals surface area contributed by atoms with E-state index in [0.29, 0.717) is 0 Å². The summed E-state index contributed by atoms with van der Waals surface area (Å²) < 4.78 is 75.4. The fourth-order valence-electron chi connectivity index (χ4n) is 1.39. The molecule has 0 amide bonds. The van der Waals surface area contributed by atoms with E-state index in [4.69, 9.17) is 0 Å². The van der Waals surface area contributed by atoms with Crippen LogP contribution in [-0.4, -0.2) is 4.92 Å². The molecule has 0 aliphatic carbocycles. The number of nitrogens with zero attached hydrogens (tertiary/aromatic N) is 1. The van der Waals surface area contributed by atoms with Crippen LogP contribution < -0.4 is 0 Å². The van der Waals surface area contributed by atoms with Gasteiger partial charge in [0.1, 0.15) is 5.56 Å². The molecular weight excluding hydrogens is 348 g/mol. The minimum atomic E-state index is -5.11. The predicted molar refractivity (Wildman–Crippen MR) is 55.7 cm³/mol. The summed E-state index contributed by atoms with van der Waals surface area (Å²) in [5, 5.41) is 9.96. The molecule has 0 spiro atoms. The first kappa shape index (κ1) is 15.7. The van der Waals surface area contributed by atoms with Crippen LogP contribution in [0.15, 0.2) is 12.1 Å². The van der Waals surface area contributed by atoms with Gasteiger partial charge in [-0.1, -0.05) is 15.9 Å². The first-order chi connectivity index (χ1) is 8.48. The number of hydrogen-bond acceptors (Lipinski definition) is 2. The highest BCUT2D eigenvalue weighted by Gasteiger charge is 2.42. The van der Waals surface area contributed by atoms with Crippen molar-refractivity contribution in [1.82, 2.24) is 0 Å². The van der Waals surface area contributed by atoms with E-state index in [-0.39, 0.29) is 12.1 Å². The molecule has 106 valence electrons. The van der Waals surface area contributed by atoms with E-state index in [2.05, 4.69) is 15.9 Å². The molecule has 19 heavy (non-hydrogen) atoms. The fourth-order valence-corrected chi connectivity index (χ4v) is 1.85. The van der Waals surface area contributed by atoms with E-state index >= 15 is 0 Å². The summed E-state index contributed by atoms with van der Waals surface area (Å²) in [4.78, 5) is 8.98. The van der Waals surface area contributed by atoms with E-state index in [1.807, 2.05) is 0 Å². The number of halogens is 7. The third-order valence-corrected chi connectivity index (χ3v) is 2.78. The van der Waals surface area contributed by atoms with Crippen LogP contribution in [0, 0.1) is 10.1 Å². The molecular formula is C9H4BrF6NO2. The number of benzene rings is 1. The highest BCUT2D eigenvalue weighted by Crippen LogP contribution is 2.42. The summed E-state index contributed by atoms with van der Waals surface area (Å²) in [6.45, 7) is 0. The fraction of sp³-hybridized carbons (Fsp3) is 0.333. The van der Waals surface area contributed by atoms with Crippen molar-refractivity contribution in [3.8, 4) is 0 Å². The van der Waals surface area contributed by atoms with Gasteiger partial charge >= 0.3 is 12.4 Å². The normalized spacial score (nSPS) is 12.6. The van der Waals surface area contributed by atoms with Gasteiger partial charge in [0, 0.05) is 11.4 Å². The second-order valence-corrected chi connectivity index (χ2v) is 3.97. The molecule has 0 bridgehead atoms. The summed E-state index contributed by atoms with van der Waals surface area (Å²) in [7, 11) is 0. The van der Waals surface area contributed by atoms with Gasteiger partial charge in [-0.3, -0.25) is 10.1 Å². The third kappa shape index (κ3) is 3.37. The van der Waals surface area contributed by atoms with Crippen LogP contribution in [0.2, 0.25) is 0 Å². The van der Waals surface area contributed by atoms with Gasteiger partial charge in [0.05, 0.1) is 10.5 Å². The molecule has 0 aromatic heterocycles. The van der Waals surface area contributed by atoms with Crippen molar-refractivity contribution in [1.29, 1.82) is 0 Å². The summed E-state index contributed by atoms with van der Waals surface area (Å²) in [5.41, 5.74) is -5.51. The molecule has 0 radical (unpaired) electrons. The third-order valence-electron chi connectivity index (χ3n) is 2.17. The Morgan fingerprint density at radius 2 is 1.53 bits per heavy atom. The number of nitro groups is 1. The van der Waals surface area contributed by atoms with E-state index < -0.39 is 45.0 Å². The zero-order valence-electron chi connectivity index (χ0n) is 8.77. The van der Waals surface area contributed by atoms with Gasteiger partial charge in [-0.05, 0) is 11.6 Å². The van der Waals surface area contributed by atoms with Gasteiger partial charge in [-0.15, -0.1) is 0 Å². The maximum Gasteiger partial charge on any atom is 0.423 e. The van der Waals surface area contributed by atoms with Crippen LogP contribution in [0.3, 0.4) is 0 Å². The lowest BCUT2D eigenvalue weighted by Crippen LogP contribution is -2.15. The average molecular weight is 352 g/mol. The standard InChI is InChI=1S/C9H4BrF6NO2/c10-3-4-1-6(9(14,15)16)7(17(18)19)2-5(4)8(11,12)13/h1-2H,3H2. The highest BCUT2D eigenvalue weighted by molar-refractivity contribution is 9.08. The minimum Gasteiger partial charge on any atom is -0.258 e. The lowest BCUT2D eigenvalue weighted by atomic mass is 10.0. The summed E-state index contributed by atoms with van der Waals surface area (Å²) in [5.74, 6) is 0. The van der Waals surface area contributed by atoms with Crippen LogP contribution in [0.25, 0.3) is 0 Å². The summed E-state index contributed by atoms with van der Waals surface area (Å²) in [6.07, 6.45) is -10.1. The van der Waals surface area contributed by atoms with Gasteiger partial charge in [0.2, 0.25) is 0 Å². The molecule has 0 fully saturated rings. The number of hydrogen-bond donors (Lipinski definition) is 0. The molecule has 0 N–H and O–H groups in total. The zero-order chi connectivity index (χ0) is 15.0. The Hall–Kier alpha value is -1.32. The second-order valence-electron chi connectivity index (χ2n) is 3.41. The van der Waals surface area contributed by atoms with E-state index in [1.165, 1.54) is 0 Å². The topological polar surface area (TPSA) is 43.1 Å². The number of alkyl halides is 7. The van der Waals surface area contributed by atoms with E-state index in [9.17, 15) is 36.5 Å². The van der Waals surface area contributed by atoms with Crippen molar-refractivity contribution in [2.75, 3.05) is 0 Å². The Labute approximate surface area is 110 Å². The quantitative estimate of drug-likeness (QED) is 0.340. The number of nitro benzene ring substituents is 1. The molecule has 0 saturated carbocycles. The predicted octanol–water partition coefficient (Wildman–Crippen LogP) is 4.53. The lowest BCUT2D eigenvalue weighted by molar-refractivity contribution is -0.388. The van der Waals surface area contributed by atoms with Gasteiger partial charge in [-0.25, -0.2) is 0 Å². The van der Waals surface area contributed by atoms with Crippen molar-refractivity contribution in [3.05, 3.63) is 38.9 Å². The molecule has 10 heteroatoms. The average Bonchev–Trinajstić information content (AvgIpc) is 2.24. The largest absolute Gasteiger partial charge is 0.423 e. The molecule has 0 aliphatic heterocycles. The van der Waals surface area contributed by atoms with Crippen LogP contribution in [0.5, 0.6) is 0 Å². The van der Waals surface area contributed by atoms with E-state index in [0.717, 1.165) is 0 Å². The van der Waals surface area contributed by atoms with Crippen molar-refractivity contribution < 1.29 is 31.3 Å². The van der Waals surface area contributed by atoms with Crippen LogP contribution in [0.4, 0.5) is 32.0 Å². The highest BCUT2D eigenvalue weighted by atomic mass is 79.9. The molecule has 0 aliphatic rings. The molecule has 0 saturated heterocycles. The Morgan fingerprint density at radius 1 is 1.05 bits per heavy atom. The minimum absolute atomic E-state index is 0.0978. The zero-order valence-corrected chi connectivity index (χ0v) is 10.4. The summed E-state index contributed by atoms with van der Waals surface area (Å²) >= 11 is 2.63. The van der Waals surface area contributed by atoms with Crippen LogP contribution in [-0.2, 0) is 17.7 Å². The first-order valence-corrected chi connectivity index (χ1v) is 5.62. The van der Waals surface area contributed by atoms with Gasteiger partial charge in [0.15, 0.2) is 0 Å². The van der Waals surface area contributed by atoms with Gasteiger partial charge < -0.3 is 0 Å².